The van der Waals surface area contributed by atoms with Gasteiger partial charge in [0.2, 0.25) is 0 Å². The number of ether oxygens (including phenoxy) is 2. The highest BCUT2D eigenvalue weighted by Crippen LogP contribution is 2.29. The zero-order valence-electron chi connectivity index (χ0n) is 10.7. The minimum atomic E-state index is -0.624. The van der Waals surface area contributed by atoms with Crippen LogP contribution < -0.4 is 4.74 Å². The average Bonchev–Trinajstić information content (AvgIpc) is 2.48. The highest BCUT2D eigenvalue weighted by molar-refractivity contribution is 6.44. The number of allylic oxidation sites excluding steroid dienone is 1. The molecule has 1 atom stereocenters. The molecule has 1 aromatic rings. The summed E-state index contributed by atoms with van der Waals surface area (Å²) in [6, 6.07) is 7.09. The SMILES string of the molecule is COC1=CC(=C=O)C(Oc2cccc(C(Cl)Cl)c2)C=C1. The van der Waals surface area contributed by atoms with E-state index in [4.69, 9.17) is 32.7 Å². The molecule has 5 heteroatoms. The van der Waals surface area contributed by atoms with Gasteiger partial charge in [0.25, 0.3) is 0 Å². The molecule has 0 radical (unpaired) electrons. The van der Waals surface area contributed by atoms with E-state index in [1.807, 2.05) is 5.94 Å². The molecule has 0 aliphatic heterocycles. The zero-order valence-corrected chi connectivity index (χ0v) is 12.2. The Balaban J connectivity index is 2.19. The first-order valence-corrected chi connectivity index (χ1v) is 6.75. The predicted molar refractivity (Wildman–Crippen MR) is 78.7 cm³/mol. The fraction of sp³-hybridized carbons (Fsp3) is 0.200. The number of alkyl halides is 2. The van der Waals surface area contributed by atoms with Crippen molar-refractivity contribution in [3.8, 4) is 5.75 Å². The van der Waals surface area contributed by atoms with Crippen LogP contribution in [0.1, 0.15) is 10.4 Å². The molecule has 0 heterocycles. The van der Waals surface area contributed by atoms with Gasteiger partial charge in [-0.15, -0.1) is 23.2 Å². The van der Waals surface area contributed by atoms with E-state index in [1.165, 1.54) is 7.11 Å². The van der Waals surface area contributed by atoms with Gasteiger partial charge in [0, 0.05) is 0 Å². The first-order valence-electron chi connectivity index (χ1n) is 5.87. The van der Waals surface area contributed by atoms with Crippen LogP contribution in [0.3, 0.4) is 0 Å². The summed E-state index contributed by atoms with van der Waals surface area (Å²) in [5.41, 5.74) is 1.10. The second-order valence-electron chi connectivity index (χ2n) is 4.08. The fourth-order valence-electron chi connectivity index (χ4n) is 1.76. The molecule has 0 spiro atoms. The lowest BCUT2D eigenvalue weighted by Crippen LogP contribution is -2.19. The predicted octanol–water partition coefficient (Wildman–Crippen LogP) is 3.77. The molecule has 1 aliphatic rings. The first kappa shape index (κ1) is 14.7. The summed E-state index contributed by atoms with van der Waals surface area (Å²) in [6.45, 7) is 0. The topological polar surface area (TPSA) is 35.5 Å². The van der Waals surface area contributed by atoms with E-state index in [9.17, 15) is 4.79 Å². The molecule has 2 rings (SSSR count). The van der Waals surface area contributed by atoms with Gasteiger partial charge in [-0.1, -0.05) is 12.1 Å². The van der Waals surface area contributed by atoms with Gasteiger partial charge in [0.1, 0.15) is 22.3 Å². The number of hydrogen-bond acceptors (Lipinski definition) is 3. The van der Waals surface area contributed by atoms with Crippen molar-refractivity contribution in [1.29, 1.82) is 0 Å². The maximum Gasteiger partial charge on any atom is 0.153 e. The Labute approximate surface area is 127 Å². The monoisotopic (exact) mass is 310 g/mol. The minimum Gasteiger partial charge on any atom is -0.497 e. The van der Waals surface area contributed by atoms with Gasteiger partial charge in [-0.25, -0.2) is 4.79 Å². The summed E-state index contributed by atoms with van der Waals surface area (Å²) in [5.74, 6) is 3.01. The molecule has 1 aliphatic carbocycles. The quantitative estimate of drug-likeness (QED) is 0.627. The third kappa shape index (κ3) is 3.45. The van der Waals surface area contributed by atoms with Gasteiger partial charge in [0.05, 0.1) is 12.7 Å². The van der Waals surface area contributed by atoms with E-state index < -0.39 is 10.9 Å². The Morgan fingerprint density at radius 1 is 1.35 bits per heavy atom. The second-order valence-corrected chi connectivity index (χ2v) is 5.18. The Morgan fingerprint density at radius 3 is 2.80 bits per heavy atom. The average molecular weight is 311 g/mol. The Morgan fingerprint density at radius 2 is 2.15 bits per heavy atom. The van der Waals surface area contributed by atoms with Crippen molar-refractivity contribution in [3.05, 3.63) is 59.4 Å². The third-order valence-electron chi connectivity index (χ3n) is 2.77. The molecule has 0 saturated heterocycles. The lowest BCUT2D eigenvalue weighted by molar-refractivity contribution is 0.273. The van der Waals surface area contributed by atoms with Crippen molar-refractivity contribution >= 4 is 29.1 Å². The third-order valence-corrected chi connectivity index (χ3v) is 3.27. The molecule has 1 unspecified atom stereocenters. The highest BCUT2D eigenvalue weighted by atomic mass is 35.5. The van der Waals surface area contributed by atoms with Gasteiger partial charge in [-0.3, -0.25) is 0 Å². The lowest BCUT2D eigenvalue weighted by Gasteiger charge is -2.19. The minimum absolute atomic E-state index is 0.364. The Hall–Kier alpha value is -1.67. The number of methoxy groups -OCH3 is 1. The van der Waals surface area contributed by atoms with Gasteiger partial charge in [-0.05, 0) is 35.9 Å². The van der Waals surface area contributed by atoms with Crippen LogP contribution in [-0.4, -0.2) is 19.2 Å². The van der Waals surface area contributed by atoms with Crippen LogP contribution >= 0.6 is 23.2 Å². The molecule has 3 nitrogen and oxygen atoms in total. The van der Waals surface area contributed by atoms with Gasteiger partial charge in [0.15, 0.2) is 6.10 Å². The molecule has 20 heavy (non-hydrogen) atoms. The summed E-state index contributed by atoms with van der Waals surface area (Å²) in [5, 5.41) is 0. The second kappa shape index (κ2) is 6.67. The maximum atomic E-state index is 11.0. The van der Waals surface area contributed by atoms with Crippen molar-refractivity contribution < 1.29 is 14.3 Å². The molecular weight excluding hydrogens is 299 g/mol. The summed E-state index contributed by atoms with van der Waals surface area (Å²) in [7, 11) is 1.53. The van der Waals surface area contributed by atoms with Crippen LogP contribution in [0.15, 0.2) is 53.8 Å². The fourth-order valence-corrected chi connectivity index (χ4v) is 2.03. The first-order chi connectivity index (χ1) is 9.63. The standard InChI is InChI=1S/C15H12Cl2O3/c1-19-12-5-6-14(11(8-12)9-18)20-13-4-2-3-10(7-13)15(16)17/h2-8,14-15H,1H3. The van der Waals surface area contributed by atoms with Crippen molar-refractivity contribution in [2.75, 3.05) is 7.11 Å². The summed E-state index contributed by atoms with van der Waals surface area (Å²) >= 11 is 11.6. The molecule has 0 fully saturated rings. The van der Waals surface area contributed by atoms with E-state index in [0.29, 0.717) is 17.1 Å². The molecule has 104 valence electrons. The van der Waals surface area contributed by atoms with Crippen LogP contribution in [0, 0.1) is 0 Å². The van der Waals surface area contributed by atoms with Gasteiger partial charge >= 0.3 is 0 Å². The van der Waals surface area contributed by atoms with E-state index in [0.717, 1.165) is 5.56 Å². The van der Waals surface area contributed by atoms with Crippen molar-refractivity contribution in [2.24, 2.45) is 0 Å². The van der Waals surface area contributed by atoms with Gasteiger partial charge in [-0.2, -0.15) is 0 Å². The number of halogens is 2. The Kier molecular flexibility index (Phi) is 4.91. The summed E-state index contributed by atoms with van der Waals surface area (Å²) in [4.78, 5) is 10.4. The number of benzene rings is 1. The van der Waals surface area contributed by atoms with Gasteiger partial charge < -0.3 is 9.47 Å². The number of carbonyl (C=O) groups excluding carboxylic acids is 1. The molecule has 1 aromatic carbocycles. The van der Waals surface area contributed by atoms with Crippen LogP contribution in [0.4, 0.5) is 0 Å². The molecule has 0 amide bonds. The zero-order chi connectivity index (χ0) is 14.5. The lowest BCUT2D eigenvalue weighted by atomic mass is 10.1. The normalized spacial score (nSPS) is 17.7. The summed E-state index contributed by atoms with van der Waals surface area (Å²) in [6.07, 6.45) is 4.55. The smallest absolute Gasteiger partial charge is 0.153 e. The van der Waals surface area contributed by atoms with Crippen molar-refractivity contribution in [1.82, 2.24) is 0 Å². The van der Waals surface area contributed by atoms with E-state index in [2.05, 4.69) is 0 Å². The van der Waals surface area contributed by atoms with Crippen LogP contribution in [-0.2, 0) is 9.53 Å². The van der Waals surface area contributed by atoms with Crippen LogP contribution in [0.25, 0.3) is 0 Å². The van der Waals surface area contributed by atoms with Crippen molar-refractivity contribution in [2.45, 2.75) is 10.9 Å². The molecular formula is C15H12Cl2O3. The van der Waals surface area contributed by atoms with Crippen molar-refractivity contribution in [3.63, 3.8) is 0 Å². The van der Waals surface area contributed by atoms with Crippen LogP contribution in [0.2, 0.25) is 0 Å². The van der Waals surface area contributed by atoms with E-state index >= 15 is 0 Å². The molecule has 0 saturated carbocycles. The molecule has 0 bridgehead atoms. The van der Waals surface area contributed by atoms with E-state index in [1.54, 1.807) is 42.5 Å². The largest absolute Gasteiger partial charge is 0.497 e. The molecule has 0 aromatic heterocycles. The summed E-state index contributed by atoms with van der Waals surface area (Å²) < 4.78 is 10.8. The highest BCUT2D eigenvalue weighted by Gasteiger charge is 2.18. The molecule has 0 N–H and O–H groups in total. The maximum absolute atomic E-state index is 11.0. The number of hydrogen-bond donors (Lipinski definition) is 0. The van der Waals surface area contributed by atoms with Crippen LogP contribution in [0.5, 0.6) is 5.75 Å². The number of rotatable bonds is 4. The Bertz CT molecular complexity index is 599. The van der Waals surface area contributed by atoms with E-state index in [-0.39, 0.29) is 0 Å².